The summed E-state index contributed by atoms with van der Waals surface area (Å²) in [5.41, 5.74) is 2.60. The zero-order chi connectivity index (χ0) is 20.8. The van der Waals surface area contributed by atoms with Gasteiger partial charge < -0.3 is 9.97 Å². The first-order valence-electron chi connectivity index (χ1n) is 8.87. The quantitative estimate of drug-likeness (QED) is 0.330. The molecule has 0 unspecified atom stereocenters. The summed E-state index contributed by atoms with van der Waals surface area (Å²) in [6.45, 7) is 0. The van der Waals surface area contributed by atoms with Gasteiger partial charge in [-0.25, -0.2) is 9.97 Å². The summed E-state index contributed by atoms with van der Waals surface area (Å²) in [7, 11) is 0. The highest BCUT2D eigenvalue weighted by Gasteiger charge is 2.23. The second kappa shape index (κ2) is 6.48. The first-order chi connectivity index (χ1) is 14.5. The van der Waals surface area contributed by atoms with Crippen molar-refractivity contribution in [2.24, 2.45) is 0 Å². The highest BCUT2D eigenvalue weighted by Crippen LogP contribution is 2.31. The fourth-order valence-electron chi connectivity index (χ4n) is 3.43. The number of aromatic amines is 2. The third-order valence-corrected chi connectivity index (χ3v) is 4.71. The zero-order valence-electron chi connectivity index (χ0n) is 15.2. The highest BCUT2D eigenvalue weighted by molar-refractivity contribution is 5.87. The molecular weight excluding hydrogens is 388 g/mol. The van der Waals surface area contributed by atoms with E-state index in [-0.39, 0.29) is 33.8 Å². The number of rotatable bonds is 2. The van der Waals surface area contributed by atoms with Gasteiger partial charge in [0.2, 0.25) is 0 Å². The first kappa shape index (κ1) is 17.5. The van der Waals surface area contributed by atoms with Crippen LogP contribution in [0.25, 0.3) is 46.4 Å². The molecule has 3 aromatic heterocycles. The van der Waals surface area contributed by atoms with Gasteiger partial charge in [-0.3, -0.25) is 20.2 Å². The third kappa shape index (κ3) is 2.92. The minimum Gasteiger partial charge on any atom is -0.350 e. The molecule has 3 aromatic rings. The summed E-state index contributed by atoms with van der Waals surface area (Å²) in [6.07, 6.45) is 6.43. The molecule has 0 atom stereocenters. The SMILES string of the molecule is O=[N+]([O-])c1c2nc(c([N+](=O)[O-])c3ccc(cc4nc(cc5ccc1[nH]5)C=C4)[nH]3)C=C2. The number of aromatic nitrogens is 4. The maximum atomic E-state index is 11.8. The summed E-state index contributed by atoms with van der Waals surface area (Å²) in [5.74, 6) is 0. The Hall–Kier alpha value is -4.60. The Labute approximate surface area is 167 Å². The van der Waals surface area contributed by atoms with Crippen LogP contribution in [0.5, 0.6) is 0 Å². The monoisotopic (exact) mass is 400 g/mol. The van der Waals surface area contributed by atoms with E-state index in [1.54, 1.807) is 36.4 Å². The predicted molar refractivity (Wildman–Crippen MR) is 112 cm³/mol. The summed E-state index contributed by atoms with van der Waals surface area (Å²) in [4.78, 5) is 37.0. The van der Waals surface area contributed by atoms with Gasteiger partial charge in [0.15, 0.2) is 0 Å². The smallest absolute Gasteiger partial charge is 0.318 e. The maximum Gasteiger partial charge on any atom is 0.318 e. The number of fused-ring (bicyclic) bond motifs is 8. The van der Waals surface area contributed by atoms with Crippen molar-refractivity contribution in [1.29, 1.82) is 0 Å². The molecule has 10 heteroatoms. The molecule has 0 fully saturated rings. The number of nitrogens with zero attached hydrogens (tertiary/aromatic N) is 4. The fraction of sp³-hybridized carbons (Fsp3) is 0. The molecule has 8 bridgehead atoms. The minimum atomic E-state index is -0.558. The van der Waals surface area contributed by atoms with Crippen molar-refractivity contribution >= 4 is 57.7 Å². The Bertz CT molecular complexity index is 1360. The Kier molecular flexibility index (Phi) is 3.78. The second-order valence-corrected chi connectivity index (χ2v) is 6.67. The number of nitro groups is 2. The lowest BCUT2D eigenvalue weighted by Gasteiger charge is -1.93. The van der Waals surface area contributed by atoms with Crippen molar-refractivity contribution in [2.75, 3.05) is 0 Å². The third-order valence-electron chi connectivity index (χ3n) is 4.71. The number of nitrogens with one attached hydrogen (secondary N) is 2. The van der Waals surface area contributed by atoms with Crippen molar-refractivity contribution in [3.05, 3.63) is 79.4 Å². The average Bonchev–Trinajstić information content (AvgIpc) is 3.46. The Morgan fingerprint density at radius 2 is 1.13 bits per heavy atom. The van der Waals surface area contributed by atoms with E-state index in [1.807, 2.05) is 12.2 Å². The van der Waals surface area contributed by atoms with E-state index >= 15 is 0 Å². The van der Waals surface area contributed by atoms with Gasteiger partial charge in [0.05, 0.1) is 21.2 Å². The van der Waals surface area contributed by atoms with Gasteiger partial charge in [-0.2, -0.15) is 0 Å². The van der Waals surface area contributed by atoms with Crippen LogP contribution in [0, 0.1) is 20.2 Å². The first-order valence-corrected chi connectivity index (χ1v) is 8.87. The van der Waals surface area contributed by atoms with E-state index in [9.17, 15) is 20.2 Å². The highest BCUT2D eigenvalue weighted by atomic mass is 16.6. The van der Waals surface area contributed by atoms with Crippen molar-refractivity contribution in [1.82, 2.24) is 19.9 Å². The Balaban J connectivity index is 1.97. The van der Waals surface area contributed by atoms with E-state index in [0.29, 0.717) is 22.4 Å². The van der Waals surface area contributed by atoms with Crippen molar-refractivity contribution in [3.63, 3.8) is 0 Å². The Morgan fingerprint density at radius 3 is 1.57 bits per heavy atom. The van der Waals surface area contributed by atoms with E-state index in [1.165, 1.54) is 12.2 Å². The normalized spacial score (nSPS) is 12.3. The molecule has 0 spiro atoms. The Morgan fingerprint density at radius 1 is 0.667 bits per heavy atom. The van der Waals surface area contributed by atoms with E-state index in [4.69, 9.17) is 0 Å². The lowest BCUT2D eigenvalue weighted by Crippen LogP contribution is -1.94. The van der Waals surface area contributed by atoms with E-state index in [0.717, 1.165) is 0 Å². The average molecular weight is 400 g/mol. The van der Waals surface area contributed by atoms with Gasteiger partial charge in [-0.05, 0) is 60.7 Å². The zero-order valence-corrected chi connectivity index (χ0v) is 15.2. The number of H-pyrrole nitrogens is 2. The molecule has 0 saturated heterocycles. The fourth-order valence-corrected chi connectivity index (χ4v) is 3.43. The molecule has 0 radical (unpaired) electrons. The molecule has 0 aliphatic carbocycles. The van der Waals surface area contributed by atoms with Crippen LogP contribution in [0.1, 0.15) is 22.8 Å². The van der Waals surface area contributed by atoms with Crippen LogP contribution in [-0.4, -0.2) is 29.8 Å². The molecule has 10 nitrogen and oxygen atoms in total. The summed E-state index contributed by atoms with van der Waals surface area (Å²) in [5, 5.41) is 23.5. The number of hydrogen-bond acceptors (Lipinski definition) is 6. The lowest BCUT2D eigenvalue weighted by atomic mass is 10.3. The molecular formula is C20H12N6O4. The molecule has 2 N–H and O–H groups in total. The van der Waals surface area contributed by atoms with E-state index < -0.39 is 9.85 Å². The van der Waals surface area contributed by atoms with Crippen LogP contribution in [0.15, 0.2) is 36.4 Å². The number of hydrogen-bond donors (Lipinski definition) is 2. The van der Waals surface area contributed by atoms with E-state index in [2.05, 4.69) is 19.9 Å². The summed E-state index contributed by atoms with van der Waals surface area (Å²) in [6, 6.07) is 10.1. The van der Waals surface area contributed by atoms with Crippen LogP contribution in [0.2, 0.25) is 0 Å². The minimum absolute atomic E-state index is 0.0295. The van der Waals surface area contributed by atoms with Crippen molar-refractivity contribution in [2.45, 2.75) is 0 Å². The van der Waals surface area contributed by atoms with Crippen LogP contribution < -0.4 is 0 Å². The molecule has 0 amide bonds. The summed E-state index contributed by atoms with van der Waals surface area (Å²) >= 11 is 0. The predicted octanol–water partition coefficient (Wildman–Crippen LogP) is 4.47. The van der Waals surface area contributed by atoms with Crippen LogP contribution >= 0.6 is 0 Å². The van der Waals surface area contributed by atoms with Crippen molar-refractivity contribution < 1.29 is 9.85 Å². The van der Waals surface area contributed by atoms with Gasteiger partial charge in [0.1, 0.15) is 22.4 Å². The van der Waals surface area contributed by atoms with Gasteiger partial charge in [-0.1, -0.05) is 0 Å². The molecule has 0 aromatic carbocycles. The van der Waals surface area contributed by atoms with Crippen LogP contribution in [0.4, 0.5) is 11.4 Å². The topological polar surface area (TPSA) is 144 Å². The largest absolute Gasteiger partial charge is 0.350 e. The molecule has 146 valence electrons. The van der Waals surface area contributed by atoms with Crippen LogP contribution in [0.3, 0.4) is 0 Å². The molecule has 2 aliphatic heterocycles. The molecule has 0 saturated carbocycles. The molecule has 2 aliphatic rings. The molecule has 30 heavy (non-hydrogen) atoms. The van der Waals surface area contributed by atoms with Gasteiger partial charge in [0, 0.05) is 11.0 Å². The molecule has 5 heterocycles. The van der Waals surface area contributed by atoms with Gasteiger partial charge in [0.25, 0.3) is 0 Å². The van der Waals surface area contributed by atoms with Crippen molar-refractivity contribution in [3.8, 4) is 0 Å². The summed E-state index contributed by atoms with van der Waals surface area (Å²) < 4.78 is 0. The van der Waals surface area contributed by atoms with Crippen LogP contribution in [-0.2, 0) is 0 Å². The second-order valence-electron chi connectivity index (χ2n) is 6.67. The maximum absolute atomic E-state index is 11.8. The standard InChI is InChI=1S/C20H12N6O4/c27-25(28)19-15-5-3-13(22-15)9-11-1-2-12(21-11)10-14-4-6-16(23-14)20(26(29)30)18-8-7-17(19)24-18/h1-10,22-23H. The van der Waals surface area contributed by atoms with Gasteiger partial charge in [-0.15, -0.1) is 0 Å². The lowest BCUT2D eigenvalue weighted by molar-refractivity contribution is -0.384. The van der Waals surface area contributed by atoms with Gasteiger partial charge >= 0.3 is 11.4 Å². The molecule has 5 rings (SSSR count).